The Bertz CT molecular complexity index is 927. The number of nitrogens with zero attached hydrogens (tertiary/aromatic N) is 2. The maximum atomic E-state index is 12.2. The van der Waals surface area contributed by atoms with Gasteiger partial charge in [-0.3, -0.25) is 4.79 Å². The molecule has 0 radical (unpaired) electrons. The first-order valence-electron chi connectivity index (χ1n) is 7.73. The first-order chi connectivity index (χ1) is 11.4. The molecule has 0 unspecified atom stereocenters. The van der Waals surface area contributed by atoms with Crippen molar-refractivity contribution in [2.75, 3.05) is 7.11 Å². The highest BCUT2D eigenvalue weighted by Gasteiger charge is 2.44. The standard InChI is InChI=1S/C17H16N2O5/c1-24-15-13(21)5-9-7-17(3-2-4-17)19-8-10(16(22)23)12(20)6-11(19)14(9)18-15/h5-6,8,21H,2-4,7H2,1H3,(H,22,23). The number of hydrogen-bond acceptors (Lipinski definition) is 5. The lowest BCUT2D eigenvalue weighted by atomic mass is 9.70. The monoisotopic (exact) mass is 328 g/mol. The molecule has 1 aliphatic carbocycles. The third-order valence-corrected chi connectivity index (χ3v) is 5.08. The molecule has 2 aromatic rings. The minimum Gasteiger partial charge on any atom is -0.503 e. The number of carbonyl (C=O) groups is 1. The molecule has 24 heavy (non-hydrogen) atoms. The van der Waals surface area contributed by atoms with Crippen LogP contribution in [0.1, 0.15) is 35.2 Å². The summed E-state index contributed by atoms with van der Waals surface area (Å²) in [6, 6.07) is 2.95. The molecule has 0 atom stereocenters. The molecule has 2 N–H and O–H groups in total. The van der Waals surface area contributed by atoms with Gasteiger partial charge in [-0.05, 0) is 37.3 Å². The fourth-order valence-electron chi connectivity index (χ4n) is 3.74. The Hall–Kier alpha value is -2.83. The van der Waals surface area contributed by atoms with Crippen LogP contribution in [0, 0.1) is 0 Å². The van der Waals surface area contributed by atoms with E-state index in [0.29, 0.717) is 17.8 Å². The van der Waals surface area contributed by atoms with Crippen molar-refractivity contribution in [3.05, 3.63) is 39.7 Å². The van der Waals surface area contributed by atoms with Gasteiger partial charge in [-0.25, -0.2) is 9.78 Å². The van der Waals surface area contributed by atoms with E-state index in [-0.39, 0.29) is 22.7 Å². The molecule has 4 rings (SSSR count). The van der Waals surface area contributed by atoms with Gasteiger partial charge >= 0.3 is 5.97 Å². The van der Waals surface area contributed by atoms with Crippen LogP contribution in [-0.4, -0.2) is 32.8 Å². The molecular formula is C17H16N2O5. The third-order valence-electron chi connectivity index (χ3n) is 5.08. The molecule has 0 saturated heterocycles. The second kappa shape index (κ2) is 4.83. The molecular weight excluding hydrogens is 312 g/mol. The summed E-state index contributed by atoms with van der Waals surface area (Å²) in [7, 11) is 1.41. The van der Waals surface area contributed by atoms with Gasteiger partial charge in [0.1, 0.15) is 5.56 Å². The lowest BCUT2D eigenvalue weighted by Gasteiger charge is -2.48. The number of hydrogen-bond donors (Lipinski definition) is 2. The predicted molar refractivity (Wildman–Crippen MR) is 84.6 cm³/mol. The third kappa shape index (κ3) is 1.87. The summed E-state index contributed by atoms with van der Waals surface area (Å²) in [5.41, 5.74) is 0.934. The molecule has 3 heterocycles. The number of fused-ring (bicyclic) bond motifs is 4. The van der Waals surface area contributed by atoms with Crippen molar-refractivity contribution < 1.29 is 19.7 Å². The van der Waals surface area contributed by atoms with Crippen LogP contribution in [0.25, 0.3) is 11.4 Å². The molecule has 1 saturated carbocycles. The predicted octanol–water partition coefficient (Wildman–Crippen LogP) is 1.76. The summed E-state index contributed by atoms with van der Waals surface area (Å²) in [5, 5.41) is 19.3. The van der Waals surface area contributed by atoms with Crippen LogP contribution >= 0.6 is 0 Å². The van der Waals surface area contributed by atoms with E-state index in [4.69, 9.17) is 4.74 Å². The summed E-state index contributed by atoms with van der Waals surface area (Å²) in [5.74, 6) is -1.19. The topological polar surface area (TPSA) is 102 Å². The van der Waals surface area contributed by atoms with Gasteiger partial charge in [-0.1, -0.05) is 0 Å². The number of carboxylic acid groups (broad SMARTS) is 1. The molecule has 7 heteroatoms. The van der Waals surface area contributed by atoms with Crippen LogP contribution < -0.4 is 10.2 Å². The second-order valence-corrected chi connectivity index (χ2v) is 6.39. The Balaban J connectivity index is 2.02. The van der Waals surface area contributed by atoms with Crippen molar-refractivity contribution in [3.63, 3.8) is 0 Å². The van der Waals surface area contributed by atoms with Crippen molar-refractivity contribution >= 4 is 5.97 Å². The van der Waals surface area contributed by atoms with E-state index >= 15 is 0 Å². The molecule has 2 aromatic heterocycles. The van der Waals surface area contributed by atoms with Crippen molar-refractivity contribution in [2.45, 2.75) is 31.2 Å². The van der Waals surface area contributed by atoms with E-state index in [1.165, 1.54) is 19.4 Å². The summed E-state index contributed by atoms with van der Waals surface area (Å²) in [4.78, 5) is 27.8. The summed E-state index contributed by atoms with van der Waals surface area (Å²) in [6.07, 6.45) is 4.91. The minimum atomic E-state index is -1.23. The van der Waals surface area contributed by atoms with Crippen molar-refractivity contribution in [3.8, 4) is 23.0 Å². The second-order valence-electron chi connectivity index (χ2n) is 6.39. The number of rotatable bonds is 2. The first-order valence-corrected chi connectivity index (χ1v) is 7.73. The van der Waals surface area contributed by atoms with E-state index in [1.54, 1.807) is 6.07 Å². The largest absolute Gasteiger partial charge is 0.503 e. The number of methoxy groups -OCH3 is 1. The van der Waals surface area contributed by atoms with Crippen LogP contribution in [-0.2, 0) is 12.0 Å². The van der Waals surface area contributed by atoms with E-state index in [9.17, 15) is 19.8 Å². The lowest BCUT2D eigenvalue weighted by molar-refractivity contribution is 0.0691. The Kier molecular flexibility index (Phi) is 2.97. The van der Waals surface area contributed by atoms with E-state index < -0.39 is 11.4 Å². The summed E-state index contributed by atoms with van der Waals surface area (Å²) < 4.78 is 6.95. The molecule has 1 spiro atoms. The Morgan fingerprint density at radius 2 is 2.12 bits per heavy atom. The molecule has 1 fully saturated rings. The average Bonchev–Trinajstić information content (AvgIpc) is 2.51. The van der Waals surface area contributed by atoms with Crippen LogP contribution in [0.4, 0.5) is 0 Å². The molecule has 0 aromatic carbocycles. The number of ether oxygens (including phenoxy) is 1. The zero-order valence-corrected chi connectivity index (χ0v) is 13.1. The summed E-state index contributed by atoms with van der Waals surface area (Å²) >= 11 is 0. The highest BCUT2D eigenvalue weighted by atomic mass is 16.5. The number of pyridine rings is 2. The number of carboxylic acids is 1. The van der Waals surface area contributed by atoms with E-state index in [0.717, 1.165) is 24.8 Å². The Morgan fingerprint density at radius 3 is 2.71 bits per heavy atom. The fourth-order valence-corrected chi connectivity index (χ4v) is 3.74. The Labute approximate surface area is 137 Å². The zero-order chi connectivity index (χ0) is 17.1. The van der Waals surface area contributed by atoms with Gasteiger partial charge in [0.05, 0.1) is 18.5 Å². The lowest BCUT2D eigenvalue weighted by Crippen LogP contribution is -2.46. The van der Waals surface area contributed by atoms with Crippen LogP contribution in [0.5, 0.6) is 11.6 Å². The fraction of sp³-hybridized carbons (Fsp3) is 0.353. The molecule has 0 amide bonds. The molecule has 7 nitrogen and oxygen atoms in total. The molecule has 1 aliphatic heterocycles. The highest BCUT2D eigenvalue weighted by Crippen LogP contribution is 2.49. The van der Waals surface area contributed by atoms with Gasteiger partial charge in [0.25, 0.3) is 5.88 Å². The highest BCUT2D eigenvalue weighted by molar-refractivity contribution is 5.87. The first kappa shape index (κ1) is 14.7. The normalized spacial score (nSPS) is 16.9. The minimum absolute atomic E-state index is 0.0383. The van der Waals surface area contributed by atoms with Gasteiger partial charge in [-0.15, -0.1) is 0 Å². The zero-order valence-electron chi connectivity index (χ0n) is 13.1. The smallest absolute Gasteiger partial charge is 0.341 e. The van der Waals surface area contributed by atoms with E-state index in [2.05, 4.69) is 4.98 Å². The van der Waals surface area contributed by atoms with Crippen LogP contribution in [0.15, 0.2) is 23.1 Å². The molecule has 0 bridgehead atoms. The van der Waals surface area contributed by atoms with Gasteiger partial charge < -0.3 is 19.5 Å². The summed E-state index contributed by atoms with van der Waals surface area (Å²) in [6.45, 7) is 0. The number of aromatic hydroxyl groups is 1. The van der Waals surface area contributed by atoms with Crippen molar-refractivity contribution in [1.82, 2.24) is 9.55 Å². The quantitative estimate of drug-likeness (QED) is 0.871. The van der Waals surface area contributed by atoms with Crippen LogP contribution in [0.2, 0.25) is 0 Å². The van der Waals surface area contributed by atoms with E-state index in [1.807, 2.05) is 4.57 Å². The number of aromatic carboxylic acids is 1. The average molecular weight is 328 g/mol. The molecule has 2 aliphatic rings. The molecule has 124 valence electrons. The van der Waals surface area contributed by atoms with Crippen molar-refractivity contribution in [1.29, 1.82) is 0 Å². The van der Waals surface area contributed by atoms with Gasteiger partial charge in [0, 0.05) is 17.8 Å². The SMILES string of the molecule is COc1nc2c(cc1O)CC1(CCC1)n1cc(C(=O)O)c(=O)cc1-2. The van der Waals surface area contributed by atoms with Crippen LogP contribution in [0.3, 0.4) is 0 Å². The van der Waals surface area contributed by atoms with Gasteiger partial charge in [0.15, 0.2) is 11.2 Å². The van der Waals surface area contributed by atoms with Gasteiger partial charge in [-0.2, -0.15) is 0 Å². The van der Waals surface area contributed by atoms with Gasteiger partial charge in [0.2, 0.25) is 0 Å². The maximum Gasteiger partial charge on any atom is 0.341 e. The van der Waals surface area contributed by atoms with Crippen molar-refractivity contribution in [2.24, 2.45) is 0 Å². The maximum absolute atomic E-state index is 12.2. The Morgan fingerprint density at radius 1 is 1.38 bits per heavy atom. The number of aromatic nitrogens is 2.